The maximum Gasteiger partial charge on any atom is 0.219 e. The van der Waals surface area contributed by atoms with Gasteiger partial charge in [-0.15, -0.1) is 0 Å². The number of anilines is 1. The Morgan fingerprint density at radius 2 is 1.81 bits per heavy atom. The first kappa shape index (κ1) is 15.3. The zero-order valence-electron chi connectivity index (χ0n) is 13.2. The minimum Gasteiger partial charge on any atom is -0.473 e. The number of hydrogen-bond donors (Lipinski definition) is 1. The molecule has 1 N–H and O–H groups in total. The molecule has 2 rings (SSSR count). The van der Waals surface area contributed by atoms with E-state index in [1.807, 2.05) is 43.3 Å². The van der Waals surface area contributed by atoms with Crippen molar-refractivity contribution in [1.29, 1.82) is 0 Å². The topological polar surface area (TPSA) is 47.0 Å². The van der Waals surface area contributed by atoms with Crippen LogP contribution in [0.5, 0.6) is 5.88 Å². The Morgan fingerprint density at radius 3 is 2.43 bits per heavy atom. The lowest BCUT2D eigenvalue weighted by Gasteiger charge is -2.18. The average molecular weight is 285 g/mol. The Labute approximate surface area is 126 Å². The van der Waals surface area contributed by atoms with Gasteiger partial charge >= 0.3 is 0 Å². The molecule has 4 heteroatoms. The number of nitrogens with one attached hydrogen (secondary N) is 1. The fourth-order valence-corrected chi connectivity index (χ4v) is 1.84. The van der Waals surface area contributed by atoms with Crippen LogP contribution in [-0.4, -0.2) is 16.5 Å². The second-order valence-corrected chi connectivity index (χ2v) is 5.97. The maximum absolute atomic E-state index is 5.82. The number of benzene rings is 1. The van der Waals surface area contributed by atoms with Crippen LogP contribution < -0.4 is 10.1 Å². The summed E-state index contributed by atoms with van der Waals surface area (Å²) in [7, 11) is 0. The van der Waals surface area contributed by atoms with Gasteiger partial charge in [0.1, 0.15) is 18.2 Å². The SMILES string of the molecule is CCNc1cc(OCc2ccccc2)nc(C(C)(C)C)n1. The van der Waals surface area contributed by atoms with Crippen molar-refractivity contribution in [2.45, 2.75) is 39.7 Å². The largest absolute Gasteiger partial charge is 0.473 e. The summed E-state index contributed by atoms with van der Waals surface area (Å²) in [5, 5.41) is 3.23. The van der Waals surface area contributed by atoms with E-state index in [1.165, 1.54) is 0 Å². The van der Waals surface area contributed by atoms with Crippen LogP contribution in [-0.2, 0) is 12.0 Å². The monoisotopic (exact) mass is 285 g/mol. The van der Waals surface area contributed by atoms with Gasteiger partial charge < -0.3 is 10.1 Å². The normalized spacial score (nSPS) is 11.2. The summed E-state index contributed by atoms with van der Waals surface area (Å²) < 4.78 is 5.82. The van der Waals surface area contributed by atoms with Crippen molar-refractivity contribution in [2.24, 2.45) is 0 Å². The molecule has 0 unspecified atom stereocenters. The number of nitrogens with zero attached hydrogens (tertiary/aromatic N) is 2. The number of rotatable bonds is 5. The summed E-state index contributed by atoms with van der Waals surface area (Å²) in [6.07, 6.45) is 0. The van der Waals surface area contributed by atoms with Crippen LogP contribution in [0.4, 0.5) is 5.82 Å². The van der Waals surface area contributed by atoms with Gasteiger partial charge in [-0.05, 0) is 12.5 Å². The molecule has 0 bridgehead atoms. The van der Waals surface area contributed by atoms with E-state index < -0.39 is 0 Å². The molecule has 0 aliphatic carbocycles. The molecule has 0 saturated heterocycles. The first-order valence-electron chi connectivity index (χ1n) is 7.29. The van der Waals surface area contributed by atoms with E-state index in [0.29, 0.717) is 12.5 Å². The van der Waals surface area contributed by atoms with E-state index >= 15 is 0 Å². The van der Waals surface area contributed by atoms with Gasteiger partial charge in [-0.1, -0.05) is 51.1 Å². The Hall–Kier alpha value is -2.10. The van der Waals surface area contributed by atoms with Crippen LogP contribution >= 0.6 is 0 Å². The van der Waals surface area contributed by atoms with Crippen molar-refractivity contribution in [3.05, 3.63) is 47.8 Å². The van der Waals surface area contributed by atoms with Crippen LogP contribution in [0.25, 0.3) is 0 Å². The van der Waals surface area contributed by atoms with Crippen LogP contribution in [0.1, 0.15) is 39.1 Å². The molecule has 21 heavy (non-hydrogen) atoms. The van der Waals surface area contributed by atoms with Gasteiger partial charge in [-0.2, -0.15) is 4.98 Å². The van der Waals surface area contributed by atoms with Crippen molar-refractivity contribution in [1.82, 2.24) is 9.97 Å². The van der Waals surface area contributed by atoms with Crippen LogP contribution in [0.2, 0.25) is 0 Å². The summed E-state index contributed by atoms with van der Waals surface area (Å²) >= 11 is 0. The molecular formula is C17H23N3O. The Balaban J connectivity index is 2.19. The van der Waals surface area contributed by atoms with Gasteiger partial charge in [0.05, 0.1) is 0 Å². The minimum atomic E-state index is -0.115. The third kappa shape index (κ3) is 4.45. The zero-order valence-corrected chi connectivity index (χ0v) is 13.2. The average Bonchev–Trinajstić information content (AvgIpc) is 2.45. The number of ether oxygens (including phenoxy) is 1. The summed E-state index contributed by atoms with van der Waals surface area (Å²) in [6, 6.07) is 11.9. The summed E-state index contributed by atoms with van der Waals surface area (Å²) in [5.74, 6) is 2.19. The van der Waals surface area contributed by atoms with E-state index in [9.17, 15) is 0 Å². The Kier molecular flexibility index (Phi) is 4.78. The predicted octanol–water partition coefficient (Wildman–Crippen LogP) is 3.78. The molecule has 2 aromatic rings. The second kappa shape index (κ2) is 6.57. The third-order valence-corrected chi connectivity index (χ3v) is 2.96. The van der Waals surface area contributed by atoms with Gasteiger partial charge in [0.15, 0.2) is 0 Å². The highest BCUT2D eigenvalue weighted by atomic mass is 16.5. The molecule has 0 atom stereocenters. The molecule has 0 amide bonds. The highest BCUT2D eigenvalue weighted by Gasteiger charge is 2.19. The van der Waals surface area contributed by atoms with Crippen molar-refractivity contribution in [2.75, 3.05) is 11.9 Å². The zero-order chi connectivity index (χ0) is 15.3. The lowest BCUT2D eigenvalue weighted by molar-refractivity contribution is 0.290. The van der Waals surface area contributed by atoms with Gasteiger partial charge in [-0.3, -0.25) is 0 Å². The highest BCUT2D eigenvalue weighted by Crippen LogP contribution is 2.23. The summed E-state index contributed by atoms with van der Waals surface area (Å²) in [4.78, 5) is 9.08. The molecule has 0 aliphatic rings. The second-order valence-electron chi connectivity index (χ2n) is 5.97. The van der Waals surface area contributed by atoms with Gasteiger partial charge in [-0.25, -0.2) is 4.98 Å². The van der Waals surface area contributed by atoms with E-state index in [0.717, 1.165) is 23.8 Å². The number of hydrogen-bond acceptors (Lipinski definition) is 4. The highest BCUT2D eigenvalue weighted by molar-refractivity contribution is 5.39. The fraction of sp³-hybridized carbons (Fsp3) is 0.412. The van der Waals surface area contributed by atoms with E-state index in [2.05, 4.69) is 36.1 Å². The fourth-order valence-electron chi connectivity index (χ4n) is 1.84. The van der Waals surface area contributed by atoms with E-state index in [1.54, 1.807) is 0 Å². The van der Waals surface area contributed by atoms with E-state index in [4.69, 9.17) is 4.74 Å². The molecule has 1 aromatic heterocycles. The van der Waals surface area contributed by atoms with Crippen LogP contribution in [0.3, 0.4) is 0 Å². The molecule has 4 nitrogen and oxygen atoms in total. The molecule has 0 radical (unpaired) electrons. The third-order valence-electron chi connectivity index (χ3n) is 2.96. The molecule has 0 aliphatic heterocycles. The molecule has 0 fully saturated rings. The molecule has 0 saturated carbocycles. The molecular weight excluding hydrogens is 262 g/mol. The van der Waals surface area contributed by atoms with Crippen molar-refractivity contribution < 1.29 is 4.74 Å². The van der Waals surface area contributed by atoms with Gasteiger partial charge in [0.2, 0.25) is 5.88 Å². The molecule has 1 aromatic carbocycles. The van der Waals surface area contributed by atoms with Crippen molar-refractivity contribution >= 4 is 5.82 Å². The lowest BCUT2D eigenvalue weighted by atomic mass is 9.96. The lowest BCUT2D eigenvalue weighted by Crippen LogP contribution is -2.18. The molecule has 1 heterocycles. The first-order valence-corrected chi connectivity index (χ1v) is 7.29. The van der Waals surface area contributed by atoms with Crippen LogP contribution in [0, 0.1) is 0 Å². The smallest absolute Gasteiger partial charge is 0.219 e. The van der Waals surface area contributed by atoms with Gasteiger partial charge in [0.25, 0.3) is 0 Å². The standard InChI is InChI=1S/C17H23N3O/c1-5-18-14-11-15(20-16(19-14)17(2,3)4)21-12-13-9-7-6-8-10-13/h6-11H,5,12H2,1-4H3,(H,18,19,20). The van der Waals surface area contributed by atoms with E-state index in [-0.39, 0.29) is 5.41 Å². The Morgan fingerprint density at radius 1 is 1.10 bits per heavy atom. The first-order chi connectivity index (χ1) is 9.99. The Bertz CT molecular complexity index is 576. The predicted molar refractivity (Wildman–Crippen MR) is 85.7 cm³/mol. The van der Waals surface area contributed by atoms with Crippen molar-refractivity contribution in [3.8, 4) is 5.88 Å². The summed E-state index contributed by atoms with van der Waals surface area (Å²) in [5.41, 5.74) is 1.01. The quantitative estimate of drug-likeness (QED) is 0.908. The van der Waals surface area contributed by atoms with Gasteiger partial charge in [0, 0.05) is 18.0 Å². The maximum atomic E-state index is 5.82. The summed E-state index contributed by atoms with van der Waals surface area (Å²) in [6.45, 7) is 9.66. The molecule has 0 spiro atoms. The molecule has 112 valence electrons. The van der Waals surface area contributed by atoms with Crippen molar-refractivity contribution in [3.63, 3.8) is 0 Å². The minimum absolute atomic E-state index is 0.115. The number of aromatic nitrogens is 2. The van der Waals surface area contributed by atoms with Crippen LogP contribution in [0.15, 0.2) is 36.4 Å².